The Morgan fingerprint density at radius 3 is 2.40 bits per heavy atom. The molecule has 0 saturated heterocycles. The molecule has 0 spiro atoms. The van der Waals surface area contributed by atoms with Gasteiger partial charge in [0.05, 0.1) is 6.61 Å². The Hall–Kier alpha value is -0.650. The summed E-state index contributed by atoms with van der Waals surface area (Å²) in [6, 6.07) is 0. The van der Waals surface area contributed by atoms with Crippen molar-refractivity contribution < 1.29 is 9.53 Å². The van der Waals surface area contributed by atoms with Gasteiger partial charge in [-0.2, -0.15) is 0 Å². The van der Waals surface area contributed by atoms with Gasteiger partial charge >= 0.3 is 0 Å². The Morgan fingerprint density at radius 1 is 1.20 bits per heavy atom. The predicted octanol–water partition coefficient (Wildman–Crippen LogP) is -0.758. The van der Waals surface area contributed by atoms with Crippen molar-refractivity contribution in [1.82, 2.24) is 15.1 Å². The molecule has 0 saturated carbocycles. The van der Waals surface area contributed by atoms with Gasteiger partial charge in [-0.25, -0.2) is 0 Å². The van der Waals surface area contributed by atoms with Gasteiger partial charge in [-0.1, -0.05) is 0 Å². The van der Waals surface area contributed by atoms with E-state index in [1.807, 2.05) is 7.05 Å². The number of ether oxygens (including phenoxy) is 1. The fourth-order valence-electron chi connectivity index (χ4n) is 0.940. The molecule has 0 aliphatic carbocycles. The van der Waals surface area contributed by atoms with E-state index in [0.717, 1.165) is 19.6 Å². The number of carbonyl (C=O) groups is 1. The van der Waals surface area contributed by atoms with Crippen LogP contribution in [0.4, 0.5) is 0 Å². The van der Waals surface area contributed by atoms with Crippen molar-refractivity contribution in [2.24, 2.45) is 0 Å². The highest BCUT2D eigenvalue weighted by Crippen LogP contribution is 1.85. The fraction of sp³-hybridized carbons (Fsp3) is 0.900. The van der Waals surface area contributed by atoms with Crippen LogP contribution in [0.3, 0.4) is 0 Å². The molecule has 15 heavy (non-hydrogen) atoms. The topological polar surface area (TPSA) is 44.8 Å². The minimum absolute atomic E-state index is 0.0778. The zero-order valence-electron chi connectivity index (χ0n) is 10.2. The molecule has 0 aliphatic rings. The number of nitrogens with zero attached hydrogens (tertiary/aromatic N) is 2. The van der Waals surface area contributed by atoms with E-state index in [1.165, 1.54) is 0 Å². The number of hydrogen-bond acceptors (Lipinski definition) is 4. The average molecular weight is 217 g/mol. The molecule has 0 unspecified atom stereocenters. The molecule has 0 aromatic rings. The lowest BCUT2D eigenvalue weighted by Gasteiger charge is -2.18. The standard InChI is InChI=1S/C10H23N3O2/c1-11-10(14)9-15-8-7-13(4)6-5-12(2)3/h5-9H2,1-4H3,(H,11,14). The van der Waals surface area contributed by atoms with Gasteiger partial charge in [0.15, 0.2) is 0 Å². The first-order chi connectivity index (χ1) is 7.06. The van der Waals surface area contributed by atoms with Crippen molar-refractivity contribution >= 4 is 5.91 Å². The second kappa shape index (κ2) is 8.64. The maximum atomic E-state index is 10.8. The molecule has 1 amide bonds. The molecule has 0 aliphatic heterocycles. The van der Waals surface area contributed by atoms with Crippen LogP contribution < -0.4 is 5.32 Å². The van der Waals surface area contributed by atoms with E-state index in [9.17, 15) is 4.79 Å². The SMILES string of the molecule is CNC(=O)COCCN(C)CCN(C)C. The van der Waals surface area contributed by atoms with E-state index >= 15 is 0 Å². The zero-order valence-corrected chi connectivity index (χ0v) is 10.2. The highest BCUT2D eigenvalue weighted by Gasteiger charge is 2.00. The van der Waals surface area contributed by atoms with Gasteiger partial charge in [-0.05, 0) is 21.1 Å². The molecule has 0 aromatic heterocycles. The number of hydrogen-bond donors (Lipinski definition) is 1. The summed E-state index contributed by atoms with van der Waals surface area (Å²) in [6.45, 7) is 3.64. The normalized spacial score (nSPS) is 11.1. The quantitative estimate of drug-likeness (QED) is 0.543. The second-order valence-electron chi connectivity index (χ2n) is 3.83. The van der Waals surface area contributed by atoms with E-state index < -0.39 is 0 Å². The van der Waals surface area contributed by atoms with E-state index in [4.69, 9.17) is 4.74 Å². The van der Waals surface area contributed by atoms with Crippen molar-refractivity contribution in [2.45, 2.75) is 0 Å². The van der Waals surface area contributed by atoms with Crippen LogP contribution in [0.1, 0.15) is 0 Å². The van der Waals surface area contributed by atoms with Gasteiger partial charge < -0.3 is 19.9 Å². The predicted molar refractivity (Wildman–Crippen MR) is 60.9 cm³/mol. The summed E-state index contributed by atoms with van der Waals surface area (Å²) in [5.41, 5.74) is 0. The lowest BCUT2D eigenvalue weighted by atomic mass is 10.5. The van der Waals surface area contributed by atoms with Gasteiger partial charge in [0.1, 0.15) is 6.61 Å². The minimum Gasteiger partial charge on any atom is -0.370 e. The molecule has 0 aromatic carbocycles. The fourth-order valence-corrected chi connectivity index (χ4v) is 0.940. The molecular weight excluding hydrogens is 194 g/mol. The summed E-state index contributed by atoms with van der Waals surface area (Å²) < 4.78 is 5.20. The van der Waals surface area contributed by atoms with Crippen molar-refractivity contribution in [3.8, 4) is 0 Å². The molecule has 0 bridgehead atoms. The molecular formula is C10H23N3O2. The Balaban J connectivity index is 3.31. The van der Waals surface area contributed by atoms with Crippen molar-refractivity contribution in [3.63, 3.8) is 0 Å². The number of likely N-dealkylation sites (N-methyl/N-ethyl adjacent to an activating group) is 3. The summed E-state index contributed by atoms with van der Waals surface area (Å²) in [5, 5.41) is 2.51. The van der Waals surface area contributed by atoms with Crippen molar-refractivity contribution in [2.75, 3.05) is 61.0 Å². The Morgan fingerprint density at radius 2 is 1.87 bits per heavy atom. The van der Waals surface area contributed by atoms with Gasteiger partial charge in [0.2, 0.25) is 5.91 Å². The Kier molecular flexibility index (Phi) is 8.27. The molecule has 5 heteroatoms. The van der Waals surface area contributed by atoms with Gasteiger partial charge in [0.25, 0.3) is 0 Å². The van der Waals surface area contributed by atoms with Gasteiger partial charge in [-0.3, -0.25) is 4.79 Å². The maximum absolute atomic E-state index is 10.8. The van der Waals surface area contributed by atoms with Crippen LogP contribution in [-0.4, -0.2) is 76.7 Å². The van der Waals surface area contributed by atoms with Crippen LogP contribution in [0.25, 0.3) is 0 Å². The molecule has 1 N–H and O–H groups in total. The number of carbonyl (C=O) groups excluding carboxylic acids is 1. The second-order valence-corrected chi connectivity index (χ2v) is 3.83. The van der Waals surface area contributed by atoms with Crippen LogP contribution in [0.5, 0.6) is 0 Å². The Labute approximate surface area is 92.4 Å². The minimum atomic E-state index is -0.0778. The van der Waals surface area contributed by atoms with E-state index in [1.54, 1.807) is 7.05 Å². The maximum Gasteiger partial charge on any atom is 0.245 e. The highest BCUT2D eigenvalue weighted by atomic mass is 16.5. The number of nitrogens with one attached hydrogen (secondary N) is 1. The van der Waals surface area contributed by atoms with Crippen LogP contribution in [0.2, 0.25) is 0 Å². The van der Waals surface area contributed by atoms with Crippen molar-refractivity contribution in [3.05, 3.63) is 0 Å². The van der Waals surface area contributed by atoms with Crippen LogP contribution in [0, 0.1) is 0 Å². The molecule has 0 heterocycles. The van der Waals surface area contributed by atoms with Crippen LogP contribution in [-0.2, 0) is 9.53 Å². The smallest absolute Gasteiger partial charge is 0.245 e. The van der Waals surface area contributed by atoms with E-state index in [-0.39, 0.29) is 12.5 Å². The van der Waals surface area contributed by atoms with Crippen molar-refractivity contribution in [1.29, 1.82) is 0 Å². The summed E-state index contributed by atoms with van der Waals surface area (Å²) >= 11 is 0. The molecule has 0 radical (unpaired) electrons. The third-order valence-electron chi connectivity index (χ3n) is 2.06. The zero-order chi connectivity index (χ0) is 11.7. The first kappa shape index (κ1) is 14.3. The van der Waals surface area contributed by atoms with E-state index in [2.05, 4.69) is 29.2 Å². The lowest BCUT2D eigenvalue weighted by molar-refractivity contribution is -0.125. The molecule has 0 fully saturated rings. The van der Waals surface area contributed by atoms with Gasteiger partial charge in [0, 0.05) is 26.7 Å². The summed E-state index contributed by atoms with van der Waals surface area (Å²) in [4.78, 5) is 15.1. The average Bonchev–Trinajstić information content (AvgIpc) is 2.21. The molecule has 0 rings (SSSR count). The molecule has 5 nitrogen and oxygen atoms in total. The third kappa shape index (κ3) is 9.65. The molecule has 0 atom stereocenters. The van der Waals surface area contributed by atoms with E-state index in [0.29, 0.717) is 6.61 Å². The number of rotatable bonds is 8. The molecule has 90 valence electrons. The Bertz CT molecular complexity index is 174. The summed E-state index contributed by atoms with van der Waals surface area (Å²) in [6.07, 6.45) is 0. The monoisotopic (exact) mass is 217 g/mol. The first-order valence-electron chi connectivity index (χ1n) is 5.18. The number of amides is 1. The largest absolute Gasteiger partial charge is 0.370 e. The summed E-state index contributed by atoms with van der Waals surface area (Å²) in [5.74, 6) is -0.0778. The third-order valence-corrected chi connectivity index (χ3v) is 2.06. The van der Waals surface area contributed by atoms with Crippen LogP contribution in [0.15, 0.2) is 0 Å². The first-order valence-corrected chi connectivity index (χ1v) is 5.18. The highest BCUT2D eigenvalue weighted by molar-refractivity contribution is 5.76. The van der Waals surface area contributed by atoms with Gasteiger partial charge in [-0.15, -0.1) is 0 Å². The summed E-state index contributed by atoms with van der Waals surface area (Å²) in [7, 11) is 7.76. The van der Waals surface area contributed by atoms with Crippen LogP contribution >= 0.6 is 0 Å². The lowest BCUT2D eigenvalue weighted by Crippen LogP contribution is -2.32.